The van der Waals surface area contributed by atoms with Gasteiger partial charge in [0, 0.05) is 18.6 Å². The van der Waals surface area contributed by atoms with Crippen molar-refractivity contribution >= 4 is 11.6 Å². The summed E-state index contributed by atoms with van der Waals surface area (Å²) in [6.45, 7) is 0.0511. The molecule has 21 heavy (non-hydrogen) atoms. The van der Waals surface area contributed by atoms with Crippen LogP contribution in [0.5, 0.6) is 0 Å². The van der Waals surface area contributed by atoms with Crippen LogP contribution in [0.25, 0.3) is 0 Å². The summed E-state index contributed by atoms with van der Waals surface area (Å²) >= 11 is 0. The van der Waals surface area contributed by atoms with E-state index in [1.807, 2.05) is 6.07 Å². The highest BCUT2D eigenvalue weighted by molar-refractivity contribution is 5.91. The Bertz CT molecular complexity index is 814. The second kappa shape index (κ2) is 6.34. The second-order valence-corrected chi connectivity index (χ2v) is 4.25. The maximum absolute atomic E-state index is 11.8. The number of hydrogen-bond donors (Lipinski definition) is 2. The molecule has 1 aromatic carbocycles. The van der Waals surface area contributed by atoms with Crippen LogP contribution in [-0.4, -0.2) is 15.7 Å². The third-order valence-electron chi connectivity index (χ3n) is 2.77. The summed E-state index contributed by atoms with van der Waals surface area (Å²) in [5.41, 5.74) is -0.0281. The summed E-state index contributed by atoms with van der Waals surface area (Å²) in [4.78, 5) is 34.4. The third-order valence-corrected chi connectivity index (χ3v) is 2.77. The topological polar surface area (TPSA) is 108 Å². The number of nitrogens with one attached hydrogen (secondary N) is 2. The Morgan fingerprint density at radius 3 is 2.76 bits per heavy atom. The number of H-pyrrole nitrogens is 1. The lowest BCUT2D eigenvalue weighted by molar-refractivity contribution is -0.116. The maximum Gasteiger partial charge on any atom is 0.265 e. The van der Waals surface area contributed by atoms with Crippen LogP contribution in [0.4, 0.5) is 5.69 Å². The summed E-state index contributed by atoms with van der Waals surface area (Å²) in [5.74, 6) is -0.352. The first-order chi connectivity index (χ1) is 10.1. The largest absolute Gasteiger partial charge is 0.325 e. The number of aryl methyl sites for hydroxylation is 1. The van der Waals surface area contributed by atoms with Crippen LogP contribution < -0.4 is 16.4 Å². The highest BCUT2D eigenvalue weighted by Gasteiger charge is 2.07. The second-order valence-electron chi connectivity index (χ2n) is 4.25. The minimum Gasteiger partial charge on any atom is -0.325 e. The number of carbonyl (C=O) groups excluding carboxylic acids is 1. The van der Waals surface area contributed by atoms with E-state index < -0.39 is 5.56 Å². The zero-order chi connectivity index (χ0) is 15.2. The zero-order valence-corrected chi connectivity index (χ0v) is 11.0. The molecule has 2 N–H and O–H groups in total. The van der Waals surface area contributed by atoms with Crippen molar-refractivity contribution in [1.29, 1.82) is 5.26 Å². The molecule has 2 aromatic rings. The van der Waals surface area contributed by atoms with Crippen molar-refractivity contribution in [2.75, 3.05) is 5.32 Å². The molecule has 1 heterocycles. The lowest BCUT2D eigenvalue weighted by Gasteiger charge is -2.07. The number of para-hydroxylation sites is 1. The van der Waals surface area contributed by atoms with E-state index >= 15 is 0 Å². The number of carbonyl (C=O) groups is 1. The molecule has 0 fully saturated rings. The highest BCUT2D eigenvalue weighted by Crippen LogP contribution is 2.13. The smallest absolute Gasteiger partial charge is 0.265 e. The minimum atomic E-state index is -0.412. The van der Waals surface area contributed by atoms with E-state index in [0.29, 0.717) is 11.3 Å². The molecule has 106 valence electrons. The van der Waals surface area contributed by atoms with Gasteiger partial charge in [-0.1, -0.05) is 12.1 Å². The van der Waals surface area contributed by atoms with Gasteiger partial charge in [-0.3, -0.25) is 19.5 Å². The summed E-state index contributed by atoms with van der Waals surface area (Å²) in [5, 5.41) is 13.9. The number of nitriles is 1. The Kier molecular flexibility index (Phi) is 4.31. The molecule has 7 heteroatoms. The van der Waals surface area contributed by atoms with Crippen LogP contribution in [0.3, 0.4) is 0 Å². The van der Waals surface area contributed by atoms with Crippen molar-refractivity contribution in [3.8, 4) is 6.07 Å². The zero-order valence-electron chi connectivity index (χ0n) is 11.0. The molecule has 7 nitrogen and oxygen atoms in total. The molecule has 0 aliphatic carbocycles. The van der Waals surface area contributed by atoms with E-state index in [-0.39, 0.29) is 24.4 Å². The summed E-state index contributed by atoms with van der Waals surface area (Å²) < 4.78 is 1.07. The molecule has 1 aromatic heterocycles. The SMILES string of the molecule is N#Cc1ccccc1NC(=O)CCn1[nH]c(=O)ccc1=O. The van der Waals surface area contributed by atoms with Gasteiger partial charge in [-0.2, -0.15) is 5.26 Å². The molecule has 2 rings (SSSR count). The number of rotatable bonds is 4. The Hall–Kier alpha value is -3.14. The van der Waals surface area contributed by atoms with E-state index in [4.69, 9.17) is 5.26 Å². The predicted octanol–water partition coefficient (Wildman–Crippen LogP) is 0.437. The molecule has 0 saturated carbocycles. The van der Waals surface area contributed by atoms with Crippen LogP contribution in [0.15, 0.2) is 46.0 Å². The van der Waals surface area contributed by atoms with E-state index in [1.54, 1.807) is 24.3 Å². The van der Waals surface area contributed by atoms with E-state index in [2.05, 4.69) is 10.4 Å². The van der Waals surface area contributed by atoms with Crippen molar-refractivity contribution in [2.24, 2.45) is 0 Å². The van der Waals surface area contributed by atoms with Crippen LogP contribution >= 0.6 is 0 Å². The first kappa shape index (κ1) is 14.3. The number of amides is 1. The summed E-state index contributed by atoms with van der Waals surface area (Å²) in [6.07, 6.45) is -0.000374. The number of benzene rings is 1. The number of hydrogen-bond acceptors (Lipinski definition) is 4. The van der Waals surface area contributed by atoms with Gasteiger partial charge in [0.05, 0.1) is 17.8 Å². The highest BCUT2D eigenvalue weighted by atomic mass is 16.2. The first-order valence-electron chi connectivity index (χ1n) is 6.19. The normalized spacial score (nSPS) is 9.86. The molecular formula is C14H12N4O3. The van der Waals surface area contributed by atoms with Gasteiger partial charge in [0.15, 0.2) is 0 Å². The number of aromatic amines is 1. The lowest BCUT2D eigenvalue weighted by Crippen LogP contribution is -2.29. The molecular weight excluding hydrogens is 272 g/mol. The average Bonchev–Trinajstić information content (AvgIpc) is 2.49. The van der Waals surface area contributed by atoms with Gasteiger partial charge in [0.25, 0.3) is 11.1 Å². The number of nitrogens with zero attached hydrogens (tertiary/aromatic N) is 2. The van der Waals surface area contributed by atoms with E-state index in [1.165, 1.54) is 0 Å². The fourth-order valence-corrected chi connectivity index (χ4v) is 1.74. The van der Waals surface area contributed by atoms with E-state index in [9.17, 15) is 14.4 Å². The summed E-state index contributed by atoms with van der Waals surface area (Å²) in [7, 11) is 0. The molecule has 0 atom stereocenters. The van der Waals surface area contributed by atoms with Crippen LogP contribution in [0.1, 0.15) is 12.0 Å². The molecule has 0 aliphatic heterocycles. The lowest BCUT2D eigenvalue weighted by atomic mass is 10.2. The Labute approximate surface area is 119 Å². The van der Waals surface area contributed by atoms with Gasteiger partial charge in [-0.05, 0) is 12.1 Å². The Balaban J connectivity index is 2.03. The first-order valence-corrected chi connectivity index (χ1v) is 6.19. The average molecular weight is 284 g/mol. The molecule has 0 radical (unpaired) electrons. The fraction of sp³-hybridized carbons (Fsp3) is 0.143. The molecule has 0 spiro atoms. The van der Waals surface area contributed by atoms with Crippen LogP contribution in [0, 0.1) is 11.3 Å². The molecule has 1 amide bonds. The van der Waals surface area contributed by atoms with Crippen molar-refractivity contribution in [1.82, 2.24) is 9.78 Å². The Morgan fingerprint density at radius 2 is 2.00 bits per heavy atom. The minimum absolute atomic E-state index is 0.000374. The van der Waals surface area contributed by atoms with Gasteiger partial charge in [0.2, 0.25) is 5.91 Å². The van der Waals surface area contributed by atoms with Crippen LogP contribution in [0.2, 0.25) is 0 Å². The maximum atomic E-state index is 11.8. The molecule has 0 aliphatic rings. The number of anilines is 1. The predicted molar refractivity (Wildman–Crippen MR) is 75.7 cm³/mol. The Morgan fingerprint density at radius 1 is 1.24 bits per heavy atom. The third kappa shape index (κ3) is 3.67. The van der Waals surface area contributed by atoms with Crippen LogP contribution in [-0.2, 0) is 11.3 Å². The monoisotopic (exact) mass is 284 g/mol. The molecule has 0 saturated heterocycles. The number of aromatic nitrogens is 2. The molecule has 0 unspecified atom stereocenters. The van der Waals surface area contributed by atoms with Crippen molar-refractivity contribution in [2.45, 2.75) is 13.0 Å². The quantitative estimate of drug-likeness (QED) is 0.849. The molecule has 0 bridgehead atoms. The van der Waals surface area contributed by atoms with Gasteiger partial charge < -0.3 is 5.32 Å². The van der Waals surface area contributed by atoms with Crippen molar-refractivity contribution in [3.05, 3.63) is 62.7 Å². The van der Waals surface area contributed by atoms with E-state index in [0.717, 1.165) is 16.8 Å². The van der Waals surface area contributed by atoms with Crippen molar-refractivity contribution in [3.63, 3.8) is 0 Å². The van der Waals surface area contributed by atoms with Gasteiger partial charge in [-0.15, -0.1) is 0 Å². The van der Waals surface area contributed by atoms with Gasteiger partial charge in [-0.25, -0.2) is 4.68 Å². The van der Waals surface area contributed by atoms with Crippen molar-refractivity contribution < 1.29 is 4.79 Å². The van der Waals surface area contributed by atoms with Gasteiger partial charge in [0.1, 0.15) is 6.07 Å². The standard InChI is InChI=1S/C14H12N4O3/c15-9-10-3-1-2-4-11(10)16-12(19)7-8-18-14(21)6-5-13(20)17-18/h1-6H,7-8H2,(H,16,19)(H,17,20). The fourth-order valence-electron chi connectivity index (χ4n) is 1.74. The van der Waals surface area contributed by atoms with Gasteiger partial charge >= 0.3 is 0 Å². The summed E-state index contributed by atoms with van der Waals surface area (Å²) in [6, 6.07) is 10.9.